The van der Waals surface area contributed by atoms with Crippen molar-refractivity contribution in [1.29, 1.82) is 0 Å². The highest BCUT2D eigenvalue weighted by Gasteiger charge is 2.09. The monoisotopic (exact) mass is 360 g/mol. The van der Waals surface area contributed by atoms with E-state index in [1.54, 1.807) is 29.2 Å². The molecule has 0 radical (unpaired) electrons. The molecule has 0 fully saturated rings. The summed E-state index contributed by atoms with van der Waals surface area (Å²) in [5.41, 5.74) is 1.53. The SMILES string of the molecule is Cc1nccn1Cc1cn(-c2cccc(C(F)F)c2)cn1.Cl.Cl. The molecule has 2 aromatic heterocycles. The van der Waals surface area contributed by atoms with Gasteiger partial charge in [-0.25, -0.2) is 18.7 Å². The zero-order chi connectivity index (χ0) is 14.8. The summed E-state index contributed by atoms with van der Waals surface area (Å²) in [6, 6.07) is 6.29. The van der Waals surface area contributed by atoms with Crippen LogP contribution in [0.1, 0.15) is 23.5 Å². The van der Waals surface area contributed by atoms with Crippen molar-refractivity contribution in [2.45, 2.75) is 19.9 Å². The summed E-state index contributed by atoms with van der Waals surface area (Å²) < 4.78 is 29.2. The zero-order valence-corrected chi connectivity index (χ0v) is 13.9. The standard InChI is InChI=1S/C15H14F2N4.2ClH/c1-11-18-5-6-20(11)8-13-9-21(10-19-13)14-4-2-3-12(7-14)15(16)17;;/h2-7,9-10,15H,8H2,1H3;2*1H. The Morgan fingerprint density at radius 3 is 2.61 bits per heavy atom. The average molecular weight is 361 g/mol. The normalized spacial score (nSPS) is 10.3. The molecule has 0 aliphatic carbocycles. The topological polar surface area (TPSA) is 35.6 Å². The predicted molar refractivity (Wildman–Crippen MR) is 89.1 cm³/mol. The lowest BCUT2D eigenvalue weighted by Gasteiger charge is -2.05. The average Bonchev–Trinajstić information content (AvgIpc) is 3.10. The number of nitrogens with zero attached hydrogens (tertiary/aromatic N) is 4. The fourth-order valence-corrected chi connectivity index (χ4v) is 2.15. The maximum absolute atomic E-state index is 12.7. The summed E-state index contributed by atoms with van der Waals surface area (Å²) in [7, 11) is 0. The number of halogens is 4. The highest BCUT2D eigenvalue weighted by atomic mass is 35.5. The third-order valence-corrected chi connectivity index (χ3v) is 3.31. The van der Waals surface area contributed by atoms with Gasteiger partial charge in [0.25, 0.3) is 6.43 Å². The molecule has 1 aromatic carbocycles. The lowest BCUT2D eigenvalue weighted by atomic mass is 10.2. The van der Waals surface area contributed by atoms with Gasteiger partial charge >= 0.3 is 0 Å². The van der Waals surface area contributed by atoms with Crippen LogP contribution in [0.4, 0.5) is 8.78 Å². The number of aromatic nitrogens is 4. The molecule has 0 atom stereocenters. The largest absolute Gasteiger partial charge is 0.329 e. The summed E-state index contributed by atoms with van der Waals surface area (Å²) >= 11 is 0. The van der Waals surface area contributed by atoms with E-state index in [1.165, 1.54) is 12.1 Å². The van der Waals surface area contributed by atoms with E-state index in [1.807, 2.05) is 23.9 Å². The second kappa shape index (κ2) is 8.08. The maximum Gasteiger partial charge on any atom is 0.263 e. The molecule has 0 bridgehead atoms. The van der Waals surface area contributed by atoms with Crippen LogP contribution in [0.3, 0.4) is 0 Å². The Morgan fingerprint density at radius 1 is 1.17 bits per heavy atom. The summed E-state index contributed by atoms with van der Waals surface area (Å²) in [6.45, 7) is 2.52. The highest BCUT2D eigenvalue weighted by molar-refractivity contribution is 5.85. The molecule has 8 heteroatoms. The first-order valence-electron chi connectivity index (χ1n) is 6.52. The van der Waals surface area contributed by atoms with Crippen molar-refractivity contribution in [3.63, 3.8) is 0 Å². The van der Waals surface area contributed by atoms with Gasteiger partial charge < -0.3 is 9.13 Å². The van der Waals surface area contributed by atoms with Crippen LogP contribution < -0.4 is 0 Å². The lowest BCUT2D eigenvalue weighted by Crippen LogP contribution is -2.01. The van der Waals surface area contributed by atoms with Gasteiger partial charge in [0.15, 0.2) is 0 Å². The van der Waals surface area contributed by atoms with E-state index in [4.69, 9.17) is 0 Å². The number of benzene rings is 1. The second-order valence-electron chi connectivity index (χ2n) is 4.77. The minimum absolute atomic E-state index is 0. The van der Waals surface area contributed by atoms with E-state index in [0.717, 1.165) is 11.5 Å². The summed E-state index contributed by atoms with van der Waals surface area (Å²) in [4.78, 5) is 8.46. The Bertz CT molecular complexity index is 755. The number of imidazole rings is 2. The molecule has 0 saturated carbocycles. The molecular formula is C15H16Cl2F2N4. The van der Waals surface area contributed by atoms with Crippen molar-refractivity contribution in [3.05, 3.63) is 66.3 Å². The minimum atomic E-state index is -2.47. The molecule has 23 heavy (non-hydrogen) atoms. The molecule has 0 saturated heterocycles. The Hall–Kier alpha value is -1.92. The van der Waals surface area contributed by atoms with Crippen LogP contribution in [0.15, 0.2) is 49.2 Å². The molecule has 0 N–H and O–H groups in total. The van der Waals surface area contributed by atoms with Gasteiger partial charge in [0.05, 0.1) is 18.6 Å². The number of hydrogen-bond acceptors (Lipinski definition) is 2. The number of aryl methyl sites for hydroxylation is 1. The van der Waals surface area contributed by atoms with E-state index in [2.05, 4.69) is 9.97 Å². The lowest BCUT2D eigenvalue weighted by molar-refractivity contribution is 0.151. The van der Waals surface area contributed by atoms with Gasteiger partial charge in [0.1, 0.15) is 5.82 Å². The van der Waals surface area contributed by atoms with Crippen molar-refractivity contribution in [1.82, 2.24) is 19.1 Å². The van der Waals surface area contributed by atoms with Crippen molar-refractivity contribution in [2.75, 3.05) is 0 Å². The maximum atomic E-state index is 12.7. The fraction of sp³-hybridized carbons (Fsp3) is 0.200. The van der Waals surface area contributed by atoms with Crippen LogP contribution in [-0.4, -0.2) is 19.1 Å². The smallest absolute Gasteiger partial charge is 0.263 e. The molecular weight excluding hydrogens is 345 g/mol. The highest BCUT2D eigenvalue weighted by Crippen LogP contribution is 2.21. The van der Waals surface area contributed by atoms with Crippen molar-refractivity contribution >= 4 is 24.8 Å². The number of rotatable bonds is 4. The van der Waals surface area contributed by atoms with Crippen molar-refractivity contribution in [2.24, 2.45) is 0 Å². The molecule has 0 unspecified atom stereocenters. The van der Waals surface area contributed by atoms with Gasteiger partial charge in [-0.15, -0.1) is 24.8 Å². The molecule has 2 heterocycles. The summed E-state index contributed by atoms with van der Waals surface area (Å²) in [5.74, 6) is 0.907. The first kappa shape index (κ1) is 19.1. The molecule has 0 aliphatic heterocycles. The number of hydrogen-bond donors (Lipinski definition) is 0. The van der Waals surface area contributed by atoms with Gasteiger partial charge in [-0.05, 0) is 19.1 Å². The molecule has 3 aromatic rings. The minimum Gasteiger partial charge on any atom is -0.329 e. The zero-order valence-electron chi connectivity index (χ0n) is 12.3. The van der Waals surface area contributed by atoms with Gasteiger partial charge in [0.2, 0.25) is 0 Å². The van der Waals surface area contributed by atoms with Crippen LogP contribution in [0.5, 0.6) is 0 Å². The van der Waals surface area contributed by atoms with E-state index in [9.17, 15) is 8.78 Å². The fourth-order valence-electron chi connectivity index (χ4n) is 2.15. The Balaban J connectivity index is 0.00000132. The predicted octanol–water partition coefficient (Wildman–Crippen LogP) is 4.21. The molecule has 3 rings (SSSR count). The third-order valence-electron chi connectivity index (χ3n) is 3.31. The van der Waals surface area contributed by atoms with Gasteiger partial charge in [-0.1, -0.05) is 12.1 Å². The van der Waals surface area contributed by atoms with Crippen molar-refractivity contribution < 1.29 is 8.78 Å². The molecule has 0 amide bonds. The number of alkyl halides is 2. The van der Waals surface area contributed by atoms with Crippen LogP contribution in [-0.2, 0) is 6.54 Å². The Morgan fingerprint density at radius 2 is 1.96 bits per heavy atom. The molecule has 4 nitrogen and oxygen atoms in total. The summed E-state index contributed by atoms with van der Waals surface area (Å²) in [6.07, 6.45) is 4.61. The van der Waals surface area contributed by atoms with E-state index in [0.29, 0.717) is 12.2 Å². The van der Waals surface area contributed by atoms with E-state index >= 15 is 0 Å². The second-order valence-corrected chi connectivity index (χ2v) is 4.77. The Labute approximate surface area is 145 Å². The van der Waals surface area contributed by atoms with Crippen molar-refractivity contribution in [3.8, 4) is 5.69 Å². The van der Waals surface area contributed by atoms with Crippen LogP contribution >= 0.6 is 24.8 Å². The summed E-state index contributed by atoms with van der Waals surface area (Å²) in [5, 5.41) is 0. The Kier molecular flexibility index (Phi) is 6.72. The van der Waals surface area contributed by atoms with Crippen LogP contribution in [0, 0.1) is 6.92 Å². The quantitative estimate of drug-likeness (QED) is 0.698. The van der Waals surface area contributed by atoms with Crippen LogP contribution in [0.25, 0.3) is 5.69 Å². The molecule has 124 valence electrons. The third kappa shape index (κ3) is 4.30. The molecule has 0 aliphatic rings. The first-order valence-corrected chi connectivity index (χ1v) is 6.52. The van der Waals surface area contributed by atoms with Crippen LogP contribution in [0.2, 0.25) is 0 Å². The first-order chi connectivity index (χ1) is 10.1. The van der Waals surface area contributed by atoms with Gasteiger partial charge in [-0.2, -0.15) is 0 Å². The van der Waals surface area contributed by atoms with E-state index < -0.39 is 6.43 Å². The van der Waals surface area contributed by atoms with Gasteiger partial charge in [-0.3, -0.25) is 0 Å². The molecule has 0 spiro atoms. The van der Waals surface area contributed by atoms with E-state index in [-0.39, 0.29) is 30.4 Å². The van der Waals surface area contributed by atoms with Gasteiger partial charge in [0, 0.05) is 29.8 Å².